The van der Waals surface area contributed by atoms with Gasteiger partial charge in [-0.25, -0.2) is 0 Å². The van der Waals surface area contributed by atoms with Gasteiger partial charge in [-0.3, -0.25) is 14.9 Å². The summed E-state index contributed by atoms with van der Waals surface area (Å²) in [6.07, 6.45) is 1.06. The maximum absolute atomic E-state index is 11.9. The Morgan fingerprint density at radius 3 is 2.58 bits per heavy atom. The van der Waals surface area contributed by atoms with Crippen LogP contribution in [0.2, 0.25) is 0 Å². The van der Waals surface area contributed by atoms with Crippen LogP contribution >= 0.6 is 0 Å². The topological polar surface area (TPSA) is 81.5 Å². The van der Waals surface area contributed by atoms with Crippen molar-refractivity contribution in [2.24, 2.45) is 0 Å². The number of anilines is 1. The number of hydrogen-bond acceptors (Lipinski definition) is 4. The van der Waals surface area contributed by atoms with Gasteiger partial charge in [0.2, 0.25) is 0 Å². The van der Waals surface area contributed by atoms with E-state index >= 15 is 0 Å². The van der Waals surface area contributed by atoms with Crippen LogP contribution in [0.1, 0.15) is 31.7 Å². The maximum Gasteiger partial charge on any atom is 0.271 e. The van der Waals surface area contributed by atoms with Crippen molar-refractivity contribution in [3.8, 4) is 5.75 Å². The zero-order chi connectivity index (χ0) is 17.5. The van der Waals surface area contributed by atoms with E-state index in [1.54, 1.807) is 6.07 Å². The van der Waals surface area contributed by atoms with Gasteiger partial charge in [0.15, 0.2) is 6.61 Å². The minimum atomic E-state index is -0.509. The van der Waals surface area contributed by atoms with E-state index < -0.39 is 4.92 Å². The highest BCUT2D eigenvalue weighted by atomic mass is 16.6. The molecule has 0 saturated heterocycles. The molecule has 0 saturated carbocycles. The summed E-state index contributed by atoms with van der Waals surface area (Å²) in [6.45, 7) is 4.13. The predicted octanol–water partition coefficient (Wildman–Crippen LogP) is 4.13. The van der Waals surface area contributed by atoms with Gasteiger partial charge in [-0.05, 0) is 36.1 Å². The molecule has 1 N–H and O–H groups in total. The fourth-order valence-corrected chi connectivity index (χ4v) is 2.17. The van der Waals surface area contributed by atoms with E-state index in [0.717, 1.165) is 6.42 Å². The lowest BCUT2D eigenvalue weighted by Gasteiger charge is -2.11. The van der Waals surface area contributed by atoms with Crippen molar-refractivity contribution < 1.29 is 14.5 Å². The number of ether oxygens (including phenoxy) is 1. The van der Waals surface area contributed by atoms with Crippen molar-refractivity contribution in [2.45, 2.75) is 26.2 Å². The Bertz CT molecular complexity index is 713. The van der Waals surface area contributed by atoms with Crippen LogP contribution in [-0.2, 0) is 4.79 Å². The quantitative estimate of drug-likeness (QED) is 0.612. The van der Waals surface area contributed by atoms with Crippen LogP contribution in [-0.4, -0.2) is 17.4 Å². The zero-order valence-electron chi connectivity index (χ0n) is 13.7. The standard InChI is InChI=1S/C18H20N2O4/c1-3-13(2)14-7-9-17(10-8-14)24-12-18(21)19-15-5-4-6-16(11-15)20(22)23/h4-11,13H,3,12H2,1-2H3,(H,19,21)/t13-/m0/s1. The molecule has 6 nitrogen and oxygen atoms in total. The highest BCUT2D eigenvalue weighted by molar-refractivity contribution is 5.92. The molecule has 0 fully saturated rings. The van der Waals surface area contributed by atoms with Crippen LogP contribution in [0.25, 0.3) is 0 Å². The Morgan fingerprint density at radius 2 is 1.96 bits per heavy atom. The van der Waals surface area contributed by atoms with E-state index in [0.29, 0.717) is 17.4 Å². The lowest BCUT2D eigenvalue weighted by molar-refractivity contribution is -0.384. The van der Waals surface area contributed by atoms with E-state index in [1.807, 2.05) is 24.3 Å². The Morgan fingerprint density at radius 1 is 1.25 bits per heavy atom. The first kappa shape index (κ1) is 17.5. The molecule has 0 aliphatic rings. The third-order valence-corrected chi connectivity index (χ3v) is 3.77. The molecule has 0 unspecified atom stereocenters. The average Bonchev–Trinajstić information content (AvgIpc) is 2.60. The van der Waals surface area contributed by atoms with Crippen molar-refractivity contribution in [3.05, 3.63) is 64.2 Å². The number of benzene rings is 2. The highest BCUT2D eigenvalue weighted by Gasteiger charge is 2.09. The number of non-ortho nitro benzene ring substituents is 1. The van der Waals surface area contributed by atoms with Gasteiger partial charge < -0.3 is 10.1 Å². The van der Waals surface area contributed by atoms with Crippen LogP contribution < -0.4 is 10.1 Å². The van der Waals surface area contributed by atoms with E-state index in [4.69, 9.17) is 4.74 Å². The molecular weight excluding hydrogens is 308 g/mol. The molecule has 1 amide bonds. The van der Waals surface area contributed by atoms with Gasteiger partial charge in [0.25, 0.3) is 11.6 Å². The number of rotatable bonds is 7. The van der Waals surface area contributed by atoms with Crippen molar-refractivity contribution in [1.29, 1.82) is 0 Å². The number of nitrogens with one attached hydrogen (secondary N) is 1. The van der Waals surface area contributed by atoms with Gasteiger partial charge in [0.05, 0.1) is 4.92 Å². The van der Waals surface area contributed by atoms with Gasteiger partial charge >= 0.3 is 0 Å². The van der Waals surface area contributed by atoms with Crippen molar-refractivity contribution >= 4 is 17.3 Å². The number of nitro benzene ring substituents is 1. The summed E-state index contributed by atoms with van der Waals surface area (Å²) in [5.41, 5.74) is 1.52. The lowest BCUT2D eigenvalue weighted by atomic mass is 9.99. The molecule has 6 heteroatoms. The summed E-state index contributed by atoms with van der Waals surface area (Å²) in [5, 5.41) is 13.3. The first-order valence-corrected chi connectivity index (χ1v) is 7.76. The molecule has 0 heterocycles. The Balaban J connectivity index is 1.89. The second kappa shape index (κ2) is 8.10. The van der Waals surface area contributed by atoms with Gasteiger partial charge in [0.1, 0.15) is 5.75 Å². The molecule has 0 radical (unpaired) electrons. The summed E-state index contributed by atoms with van der Waals surface area (Å²) in [7, 11) is 0. The summed E-state index contributed by atoms with van der Waals surface area (Å²) >= 11 is 0. The molecule has 0 aliphatic heterocycles. The fraction of sp³-hybridized carbons (Fsp3) is 0.278. The third kappa shape index (κ3) is 4.81. The fourth-order valence-electron chi connectivity index (χ4n) is 2.17. The summed E-state index contributed by atoms with van der Waals surface area (Å²) < 4.78 is 5.44. The number of amides is 1. The first-order chi connectivity index (χ1) is 11.5. The van der Waals surface area contributed by atoms with Crippen molar-refractivity contribution in [2.75, 3.05) is 11.9 Å². The van der Waals surface area contributed by atoms with Crippen molar-refractivity contribution in [3.63, 3.8) is 0 Å². The lowest BCUT2D eigenvalue weighted by Crippen LogP contribution is -2.20. The third-order valence-electron chi connectivity index (χ3n) is 3.77. The Labute approximate surface area is 140 Å². The number of carbonyl (C=O) groups is 1. The molecule has 24 heavy (non-hydrogen) atoms. The largest absolute Gasteiger partial charge is 0.484 e. The Hall–Kier alpha value is -2.89. The predicted molar refractivity (Wildman–Crippen MR) is 92.4 cm³/mol. The van der Waals surface area contributed by atoms with Crippen LogP contribution in [0.3, 0.4) is 0 Å². The van der Waals surface area contributed by atoms with E-state index in [2.05, 4.69) is 19.2 Å². The number of nitrogens with zero attached hydrogens (tertiary/aromatic N) is 1. The molecular formula is C18H20N2O4. The summed E-state index contributed by atoms with van der Waals surface area (Å²) in [6, 6.07) is 13.4. The SMILES string of the molecule is CC[C@H](C)c1ccc(OCC(=O)Nc2cccc([N+](=O)[O-])c2)cc1. The monoisotopic (exact) mass is 328 g/mol. The van der Waals surface area contributed by atoms with Crippen LogP contribution in [0, 0.1) is 10.1 Å². The second-order valence-electron chi connectivity index (χ2n) is 5.52. The van der Waals surface area contributed by atoms with Gasteiger partial charge in [-0.15, -0.1) is 0 Å². The van der Waals surface area contributed by atoms with Gasteiger partial charge in [-0.2, -0.15) is 0 Å². The zero-order valence-corrected chi connectivity index (χ0v) is 13.7. The summed E-state index contributed by atoms with van der Waals surface area (Å²) in [5.74, 6) is 0.717. The van der Waals surface area contributed by atoms with E-state index in [9.17, 15) is 14.9 Å². The van der Waals surface area contributed by atoms with Crippen LogP contribution in [0.15, 0.2) is 48.5 Å². The Kier molecular flexibility index (Phi) is 5.89. The maximum atomic E-state index is 11.9. The van der Waals surface area contributed by atoms with Gasteiger partial charge in [0, 0.05) is 17.8 Å². The van der Waals surface area contributed by atoms with Gasteiger partial charge in [-0.1, -0.05) is 32.0 Å². The number of carbonyl (C=O) groups excluding carboxylic acids is 1. The average molecular weight is 328 g/mol. The highest BCUT2D eigenvalue weighted by Crippen LogP contribution is 2.21. The van der Waals surface area contributed by atoms with Crippen molar-refractivity contribution in [1.82, 2.24) is 0 Å². The minimum Gasteiger partial charge on any atom is -0.484 e. The molecule has 126 valence electrons. The van der Waals surface area contributed by atoms with E-state index in [1.165, 1.54) is 23.8 Å². The molecule has 2 aromatic carbocycles. The molecule has 2 rings (SSSR count). The number of hydrogen-bond donors (Lipinski definition) is 1. The molecule has 0 aromatic heterocycles. The number of nitro groups is 1. The first-order valence-electron chi connectivity index (χ1n) is 7.76. The smallest absolute Gasteiger partial charge is 0.271 e. The summed E-state index contributed by atoms with van der Waals surface area (Å²) in [4.78, 5) is 22.1. The molecule has 0 aliphatic carbocycles. The van der Waals surface area contributed by atoms with E-state index in [-0.39, 0.29) is 18.2 Å². The normalized spacial score (nSPS) is 11.6. The molecule has 1 atom stereocenters. The minimum absolute atomic E-state index is 0.0747. The molecule has 0 bridgehead atoms. The van der Waals surface area contributed by atoms with Crippen LogP contribution in [0.5, 0.6) is 5.75 Å². The molecule has 0 spiro atoms. The molecule has 2 aromatic rings. The second-order valence-corrected chi connectivity index (χ2v) is 5.52. The van der Waals surface area contributed by atoms with Crippen LogP contribution in [0.4, 0.5) is 11.4 Å².